The van der Waals surface area contributed by atoms with Crippen LogP contribution in [0.4, 0.5) is 0 Å². The lowest BCUT2D eigenvalue weighted by Crippen LogP contribution is -2.55. The second kappa shape index (κ2) is 19.2. The molecule has 0 radical (unpaired) electrons. The molecule has 1 aliphatic heterocycles. The van der Waals surface area contributed by atoms with Crippen LogP contribution in [0, 0.1) is 0 Å². The molecule has 1 rings (SSSR count). The third-order valence-corrected chi connectivity index (χ3v) is 7.01. The van der Waals surface area contributed by atoms with Crippen LogP contribution in [0.15, 0.2) is 24.6 Å². The summed E-state index contributed by atoms with van der Waals surface area (Å²) in [4.78, 5) is 11.2. The first-order valence-electron chi connectivity index (χ1n) is 13.8. The van der Waals surface area contributed by atoms with Gasteiger partial charge in [0.15, 0.2) is 6.17 Å². The minimum Gasteiger partial charge on any atom is -0.351 e. The van der Waals surface area contributed by atoms with E-state index in [2.05, 4.69) is 49.0 Å². The Morgan fingerprint density at radius 1 is 0.875 bits per heavy atom. The number of allylic oxidation sites excluding steroid dienone is 2. The summed E-state index contributed by atoms with van der Waals surface area (Å²) in [7, 11) is 0. The number of carbonyl (C=O) groups is 1. The Hall–Kier alpha value is -1.29. The number of amides is 1. The van der Waals surface area contributed by atoms with Crippen molar-refractivity contribution >= 4 is 5.91 Å². The Bertz CT molecular complexity index is 517. The van der Waals surface area contributed by atoms with Crippen molar-refractivity contribution in [2.75, 3.05) is 19.6 Å². The molecule has 0 aromatic heterocycles. The Morgan fingerprint density at radius 3 is 2.00 bits per heavy atom. The van der Waals surface area contributed by atoms with Crippen LogP contribution in [0.2, 0.25) is 0 Å². The molecule has 0 spiro atoms. The lowest BCUT2D eigenvalue weighted by atomic mass is 10.0. The average molecular weight is 449 g/mol. The van der Waals surface area contributed by atoms with Crippen LogP contribution in [0.1, 0.15) is 124 Å². The number of unbranched alkanes of at least 4 members (excludes halogenated alkanes) is 13. The number of rotatable bonds is 21. The summed E-state index contributed by atoms with van der Waals surface area (Å²) in [6.07, 6.45) is 31.4. The van der Waals surface area contributed by atoms with E-state index in [-0.39, 0.29) is 5.91 Å². The highest BCUT2D eigenvalue weighted by Crippen LogP contribution is 2.23. The summed E-state index contributed by atoms with van der Waals surface area (Å²) in [6, 6.07) is 0. The molecule has 0 saturated carbocycles. The lowest BCUT2D eigenvalue weighted by molar-refractivity contribution is -0.898. The number of nitrogens with one attached hydrogen (secondary N) is 2. The summed E-state index contributed by atoms with van der Waals surface area (Å²) >= 11 is 0. The number of carbonyl (C=O) groups excluding carboxylic acids is 1. The molecule has 0 bridgehead atoms. The molecule has 32 heavy (non-hydrogen) atoms. The van der Waals surface area contributed by atoms with Crippen LogP contribution in [0.5, 0.6) is 0 Å². The Morgan fingerprint density at radius 2 is 1.44 bits per heavy atom. The summed E-state index contributed by atoms with van der Waals surface area (Å²) in [5.74, 6) is 0.0663. The quantitative estimate of drug-likeness (QED) is 0.111. The van der Waals surface area contributed by atoms with Crippen LogP contribution < -0.4 is 10.6 Å². The topological polar surface area (TPSA) is 41.1 Å². The largest absolute Gasteiger partial charge is 0.351 e. The molecule has 4 nitrogen and oxygen atoms in total. The molecule has 1 aliphatic rings. The molecule has 1 amide bonds. The van der Waals surface area contributed by atoms with Gasteiger partial charge in [-0.3, -0.25) is 9.28 Å². The molecule has 1 heterocycles. The van der Waals surface area contributed by atoms with Crippen molar-refractivity contribution < 1.29 is 9.28 Å². The average Bonchev–Trinajstić information content (AvgIpc) is 3.18. The van der Waals surface area contributed by atoms with Gasteiger partial charge in [0.2, 0.25) is 5.91 Å². The fraction of sp³-hybridized carbons (Fsp3) is 0.821. The maximum Gasteiger partial charge on any atom is 0.217 e. The van der Waals surface area contributed by atoms with E-state index in [1.165, 1.54) is 103 Å². The molecule has 2 unspecified atom stereocenters. The van der Waals surface area contributed by atoms with Crippen LogP contribution >= 0.6 is 0 Å². The van der Waals surface area contributed by atoms with Crippen molar-refractivity contribution in [2.45, 2.75) is 130 Å². The van der Waals surface area contributed by atoms with E-state index < -0.39 is 0 Å². The van der Waals surface area contributed by atoms with Gasteiger partial charge in [-0.05, 0) is 39.0 Å². The highest BCUT2D eigenvalue weighted by molar-refractivity contribution is 5.72. The molecular formula is C28H54N3O+. The van der Waals surface area contributed by atoms with E-state index in [0.29, 0.717) is 6.17 Å². The molecule has 0 saturated heterocycles. The second-order valence-electron chi connectivity index (χ2n) is 9.70. The van der Waals surface area contributed by atoms with Gasteiger partial charge in [-0.2, -0.15) is 0 Å². The van der Waals surface area contributed by atoms with E-state index in [9.17, 15) is 4.79 Å². The summed E-state index contributed by atoms with van der Waals surface area (Å²) in [5.41, 5.74) is 0. The zero-order valence-electron chi connectivity index (χ0n) is 21.7. The molecule has 0 fully saturated rings. The molecule has 4 heteroatoms. The third kappa shape index (κ3) is 13.3. The first-order valence-corrected chi connectivity index (χ1v) is 13.8. The molecule has 0 aliphatic carbocycles. The van der Waals surface area contributed by atoms with Gasteiger partial charge in [0, 0.05) is 13.3 Å². The summed E-state index contributed by atoms with van der Waals surface area (Å²) in [6.45, 7) is 8.92. The predicted octanol–water partition coefficient (Wildman–Crippen LogP) is 7.18. The molecular weight excluding hydrogens is 394 g/mol. The number of hydrogen-bond donors (Lipinski definition) is 2. The minimum atomic E-state index is 0.0663. The predicted molar refractivity (Wildman–Crippen MR) is 139 cm³/mol. The number of likely N-dealkylation sites (N-methyl/N-ethyl adjacent to an activating group) is 1. The molecule has 0 aromatic carbocycles. The maximum absolute atomic E-state index is 11.2. The monoisotopic (exact) mass is 448 g/mol. The van der Waals surface area contributed by atoms with E-state index in [4.69, 9.17) is 0 Å². The van der Waals surface area contributed by atoms with Crippen LogP contribution in [-0.4, -0.2) is 36.2 Å². The lowest BCUT2D eigenvalue weighted by Gasteiger charge is -2.37. The highest BCUT2D eigenvalue weighted by Gasteiger charge is 2.36. The zero-order chi connectivity index (χ0) is 23.3. The minimum absolute atomic E-state index is 0.0663. The first-order chi connectivity index (χ1) is 15.6. The van der Waals surface area contributed by atoms with Crippen molar-refractivity contribution in [2.24, 2.45) is 0 Å². The Kier molecular flexibility index (Phi) is 17.2. The van der Waals surface area contributed by atoms with Crippen molar-refractivity contribution in [1.82, 2.24) is 10.6 Å². The van der Waals surface area contributed by atoms with E-state index >= 15 is 0 Å². The Balaban J connectivity index is 1.95. The molecule has 2 atom stereocenters. The standard InChI is InChI=1S/C28H53N3O/c1-4-6-7-8-9-10-11-12-13-14-15-16-17-18-19-20-21-22-28-30-24-26-31(28,5-2)25-23-29-27(3)32/h11-12,24,26,28,30H,4-10,13-23,25H2,1-3H3/p+1/b12-11+. The smallest absolute Gasteiger partial charge is 0.217 e. The van der Waals surface area contributed by atoms with Crippen molar-refractivity contribution in [1.29, 1.82) is 0 Å². The van der Waals surface area contributed by atoms with Gasteiger partial charge < -0.3 is 10.6 Å². The number of nitrogens with zero attached hydrogens (tertiary/aromatic N) is 1. The van der Waals surface area contributed by atoms with E-state index in [1.54, 1.807) is 6.92 Å². The Labute approximate surface area is 199 Å². The van der Waals surface area contributed by atoms with Gasteiger partial charge in [0.25, 0.3) is 0 Å². The third-order valence-electron chi connectivity index (χ3n) is 7.01. The van der Waals surface area contributed by atoms with E-state index in [0.717, 1.165) is 24.1 Å². The van der Waals surface area contributed by atoms with Crippen molar-refractivity contribution in [3.05, 3.63) is 24.6 Å². The van der Waals surface area contributed by atoms with Gasteiger partial charge >= 0.3 is 0 Å². The fourth-order valence-electron chi connectivity index (χ4n) is 4.81. The van der Waals surface area contributed by atoms with Gasteiger partial charge in [-0.25, -0.2) is 0 Å². The SMILES string of the molecule is CCCCCCC/C=C/CCCCCCCCCCC1NC=C[N+]1(CC)CCNC(C)=O. The van der Waals surface area contributed by atoms with Crippen LogP contribution in [-0.2, 0) is 4.79 Å². The van der Waals surface area contributed by atoms with Gasteiger partial charge in [0.05, 0.1) is 19.3 Å². The van der Waals surface area contributed by atoms with Crippen molar-refractivity contribution in [3.63, 3.8) is 0 Å². The van der Waals surface area contributed by atoms with Gasteiger partial charge in [-0.15, -0.1) is 0 Å². The molecule has 0 aromatic rings. The van der Waals surface area contributed by atoms with Gasteiger partial charge in [-0.1, -0.05) is 83.3 Å². The first kappa shape index (κ1) is 28.7. The van der Waals surface area contributed by atoms with Crippen LogP contribution in [0.25, 0.3) is 0 Å². The van der Waals surface area contributed by atoms with Crippen LogP contribution in [0.3, 0.4) is 0 Å². The number of quaternary nitrogens is 1. The zero-order valence-corrected chi connectivity index (χ0v) is 21.7. The number of hydrogen-bond acceptors (Lipinski definition) is 2. The summed E-state index contributed by atoms with van der Waals surface area (Å²) < 4.78 is 0.952. The van der Waals surface area contributed by atoms with E-state index in [1.807, 2.05) is 0 Å². The second-order valence-corrected chi connectivity index (χ2v) is 9.70. The fourth-order valence-corrected chi connectivity index (χ4v) is 4.81. The maximum atomic E-state index is 11.2. The normalized spacial score (nSPS) is 20.2. The molecule has 2 N–H and O–H groups in total. The molecule has 186 valence electrons. The van der Waals surface area contributed by atoms with Gasteiger partial charge in [0.1, 0.15) is 12.7 Å². The van der Waals surface area contributed by atoms with Crippen molar-refractivity contribution in [3.8, 4) is 0 Å². The summed E-state index contributed by atoms with van der Waals surface area (Å²) in [5, 5.41) is 6.52. The highest BCUT2D eigenvalue weighted by atomic mass is 16.1.